The summed E-state index contributed by atoms with van der Waals surface area (Å²) in [5.41, 5.74) is 5.01. The van der Waals surface area contributed by atoms with Crippen LogP contribution < -0.4 is 5.32 Å². The molecule has 0 radical (unpaired) electrons. The molecule has 0 bridgehead atoms. The van der Waals surface area contributed by atoms with E-state index in [2.05, 4.69) is 22.4 Å². The summed E-state index contributed by atoms with van der Waals surface area (Å²) >= 11 is 0. The average molecular weight is 474 g/mol. The number of aromatic nitrogens is 1. The van der Waals surface area contributed by atoms with Crippen LogP contribution in [0.4, 0.5) is 10.5 Å². The van der Waals surface area contributed by atoms with Crippen LogP contribution in [0.5, 0.6) is 0 Å². The minimum Gasteiger partial charge on any atom is -0.480 e. The van der Waals surface area contributed by atoms with Crippen molar-refractivity contribution in [3.8, 4) is 11.1 Å². The fourth-order valence-corrected chi connectivity index (χ4v) is 4.29. The first kappa shape index (κ1) is 23.9. The number of ether oxygens (including phenoxy) is 1. The van der Waals surface area contributed by atoms with Gasteiger partial charge in [0.15, 0.2) is 0 Å². The third-order valence-corrected chi connectivity index (χ3v) is 6.26. The van der Waals surface area contributed by atoms with Crippen LogP contribution in [-0.2, 0) is 9.53 Å². The Morgan fingerprint density at radius 2 is 1.66 bits per heavy atom. The molecule has 1 aromatic heterocycles. The van der Waals surface area contributed by atoms with Crippen LogP contribution in [0.2, 0.25) is 0 Å². The maximum Gasteiger partial charge on any atom is 0.411 e. The summed E-state index contributed by atoms with van der Waals surface area (Å²) in [5, 5.41) is 11.8. The van der Waals surface area contributed by atoms with Crippen LogP contribution in [0.3, 0.4) is 0 Å². The molecule has 0 saturated heterocycles. The Balaban J connectivity index is 1.39. The van der Waals surface area contributed by atoms with E-state index in [1.807, 2.05) is 43.3 Å². The fourth-order valence-electron chi connectivity index (χ4n) is 4.29. The molecule has 1 atom stereocenters. The lowest BCUT2D eigenvalue weighted by Crippen LogP contribution is -2.42. The lowest BCUT2D eigenvalue weighted by atomic mass is 9.98. The van der Waals surface area contributed by atoms with E-state index in [1.165, 1.54) is 23.2 Å². The van der Waals surface area contributed by atoms with Crippen molar-refractivity contribution in [2.75, 3.05) is 18.5 Å². The molecule has 0 fully saturated rings. The first-order valence-electron chi connectivity index (χ1n) is 11.5. The van der Waals surface area contributed by atoms with Gasteiger partial charge in [0.1, 0.15) is 18.8 Å². The van der Waals surface area contributed by atoms with Gasteiger partial charge in [-0.3, -0.25) is 14.9 Å². The zero-order valence-electron chi connectivity index (χ0n) is 19.6. The number of carbonyl (C=O) groups is 3. The van der Waals surface area contributed by atoms with Crippen LogP contribution in [0.25, 0.3) is 11.1 Å². The van der Waals surface area contributed by atoms with Gasteiger partial charge in [-0.2, -0.15) is 0 Å². The van der Waals surface area contributed by atoms with Gasteiger partial charge in [0.25, 0.3) is 5.91 Å². The van der Waals surface area contributed by atoms with Crippen molar-refractivity contribution in [2.45, 2.75) is 32.2 Å². The Bertz CT molecular complexity index is 1200. The molecule has 8 heteroatoms. The van der Waals surface area contributed by atoms with Crippen molar-refractivity contribution in [1.29, 1.82) is 0 Å². The predicted octanol–water partition coefficient (Wildman–Crippen LogP) is 4.77. The Kier molecular flexibility index (Phi) is 7.10. The molecule has 0 aliphatic heterocycles. The van der Waals surface area contributed by atoms with Gasteiger partial charge in [-0.15, -0.1) is 0 Å². The summed E-state index contributed by atoms with van der Waals surface area (Å²) in [6.07, 6.45) is 1.34. The SMILES string of the molecule is CCC(C)N(CC(=O)O)C(=O)c1ccc(NC(=O)OCC2c3ccccc3-c3ccccc32)cn1. The van der Waals surface area contributed by atoms with Gasteiger partial charge in [-0.05, 0) is 47.7 Å². The van der Waals surface area contributed by atoms with Crippen molar-refractivity contribution < 1.29 is 24.2 Å². The van der Waals surface area contributed by atoms with E-state index in [0.717, 1.165) is 22.3 Å². The number of rotatable bonds is 8. The normalized spacial score (nSPS) is 12.9. The molecule has 3 aromatic rings. The topological polar surface area (TPSA) is 109 Å². The van der Waals surface area contributed by atoms with E-state index in [0.29, 0.717) is 12.1 Å². The molecule has 2 aromatic carbocycles. The number of carbonyl (C=O) groups excluding carboxylic acids is 2. The van der Waals surface area contributed by atoms with Gasteiger partial charge in [0, 0.05) is 12.0 Å². The summed E-state index contributed by atoms with van der Waals surface area (Å²) < 4.78 is 5.53. The van der Waals surface area contributed by atoms with Gasteiger partial charge < -0.3 is 14.7 Å². The summed E-state index contributed by atoms with van der Waals surface area (Å²) in [4.78, 5) is 41.8. The molecule has 0 spiro atoms. The quantitative estimate of drug-likeness (QED) is 0.488. The van der Waals surface area contributed by atoms with E-state index < -0.39 is 24.5 Å². The summed E-state index contributed by atoms with van der Waals surface area (Å²) in [5.74, 6) is -1.62. The summed E-state index contributed by atoms with van der Waals surface area (Å²) in [7, 11) is 0. The van der Waals surface area contributed by atoms with Crippen LogP contribution in [-0.4, -0.2) is 52.2 Å². The second-order valence-electron chi connectivity index (χ2n) is 8.47. The average Bonchev–Trinajstić information content (AvgIpc) is 3.19. The van der Waals surface area contributed by atoms with E-state index in [4.69, 9.17) is 9.84 Å². The highest BCUT2D eigenvalue weighted by molar-refractivity contribution is 5.95. The van der Waals surface area contributed by atoms with Crippen LogP contribution in [0.15, 0.2) is 66.9 Å². The molecule has 2 amide bonds. The Labute approximate surface area is 203 Å². The Morgan fingerprint density at radius 3 is 2.20 bits per heavy atom. The molecule has 1 aliphatic rings. The van der Waals surface area contributed by atoms with Crippen LogP contribution >= 0.6 is 0 Å². The highest BCUT2D eigenvalue weighted by Crippen LogP contribution is 2.44. The molecule has 2 N–H and O–H groups in total. The molecule has 1 heterocycles. The number of hydrogen-bond donors (Lipinski definition) is 2. The highest BCUT2D eigenvalue weighted by atomic mass is 16.5. The van der Waals surface area contributed by atoms with E-state index in [-0.39, 0.29) is 24.3 Å². The monoisotopic (exact) mass is 473 g/mol. The van der Waals surface area contributed by atoms with Gasteiger partial charge in [0.2, 0.25) is 0 Å². The summed E-state index contributed by atoms with van der Waals surface area (Å²) in [6, 6.07) is 18.9. The van der Waals surface area contributed by atoms with E-state index in [9.17, 15) is 14.4 Å². The number of pyridine rings is 1. The largest absolute Gasteiger partial charge is 0.480 e. The predicted molar refractivity (Wildman–Crippen MR) is 131 cm³/mol. The number of nitrogens with zero attached hydrogens (tertiary/aromatic N) is 2. The second kappa shape index (κ2) is 10.4. The number of aliphatic carboxylic acids is 1. The number of nitrogens with one attached hydrogen (secondary N) is 1. The molecular weight excluding hydrogens is 446 g/mol. The minimum absolute atomic E-state index is 0.0490. The number of hydrogen-bond acceptors (Lipinski definition) is 5. The molecule has 0 saturated carbocycles. The smallest absolute Gasteiger partial charge is 0.411 e. The lowest BCUT2D eigenvalue weighted by molar-refractivity contribution is -0.138. The number of carboxylic acid groups (broad SMARTS) is 1. The first-order chi connectivity index (χ1) is 16.9. The van der Waals surface area contributed by atoms with Crippen LogP contribution in [0.1, 0.15) is 47.8 Å². The molecular formula is C27H27N3O5. The zero-order chi connectivity index (χ0) is 24.9. The molecule has 4 rings (SSSR count). The van der Waals surface area contributed by atoms with E-state index >= 15 is 0 Å². The third-order valence-electron chi connectivity index (χ3n) is 6.26. The zero-order valence-corrected chi connectivity index (χ0v) is 19.6. The maximum absolute atomic E-state index is 12.8. The highest BCUT2D eigenvalue weighted by Gasteiger charge is 2.29. The molecule has 8 nitrogen and oxygen atoms in total. The maximum atomic E-state index is 12.8. The minimum atomic E-state index is -1.09. The standard InChI is InChI=1S/C27H27N3O5/c1-3-17(2)30(15-25(31)32)26(33)24-13-12-18(14-28-24)29-27(34)35-16-23-21-10-6-4-8-19(21)20-9-5-7-11-22(20)23/h4-14,17,23H,3,15-16H2,1-2H3,(H,29,34)(H,31,32). The van der Waals surface area contributed by atoms with Crippen molar-refractivity contribution in [3.63, 3.8) is 0 Å². The van der Waals surface area contributed by atoms with Crippen molar-refractivity contribution in [3.05, 3.63) is 83.7 Å². The van der Waals surface area contributed by atoms with Crippen molar-refractivity contribution in [2.24, 2.45) is 0 Å². The van der Waals surface area contributed by atoms with E-state index in [1.54, 1.807) is 6.92 Å². The number of fused-ring (bicyclic) bond motifs is 3. The number of amides is 2. The third kappa shape index (κ3) is 5.16. The molecule has 1 unspecified atom stereocenters. The van der Waals surface area contributed by atoms with Crippen molar-refractivity contribution in [1.82, 2.24) is 9.88 Å². The first-order valence-corrected chi connectivity index (χ1v) is 11.5. The van der Waals surface area contributed by atoms with Gasteiger partial charge in [-0.1, -0.05) is 55.5 Å². The molecule has 35 heavy (non-hydrogen) atoms. The number of anilines is 1. The second-order valence-corrected chi connectivity index (χ2v) is 8.47. The van der Waals surface area contributed by atoms with Gasteiger partial charge in [-0.25, -0.2) is 9.78 Å². The number of carboxylic acids is 1. The summed E-state index contributed by atoms with van der Waals surface area (Å²) in [6.45, 7) is 3.44. The fraction of sp³-hybridized carbons (Fsp3) is 0.259. The van der Waals surface area contributed by atoms with Gasteiger partial charge >= 0.3 is 12.1 Å². The Hall–Kier alpha value is -4.20. The molecule has 180 valence electrons. The molecule has 1 aliphatic carbocycles. The lowest BCUT2D eigenvalue weighted by Gasteiger charge is -2.26. The number of benzene rings is 2. The van der Waals surface area contributed by atoms with Crippen molar-refractivity contribution >= 4 is 23.7 Å². The van der Waals surface area contributed by atoms with Gasteiger partial charge in [0.05, 0.1) is 11.9 Å². The van der Waals surface area contributed by atoms with Crippen LogP contribution in [0, 0.1) is 0 Å². The Morgan fingerprint density at radius 1 is 1.03 bits per heavy atom.